The number of rotatable bonds is 21. The standard InChI is InChI=1S/C83H110N10O14/c1-48(10-28-74(98)106-92-70(94)24-25-71(92)95)60-20-22-62-58-18-14-52-42-54(30-34-80(52,6)64(58)32-36-82(60,62)8)103-76(100)46-89-44-66(85-87-89)50-12-16-56-57-17-13-51(41-69(57)91(68(56)40-50)39-38-84-78(102)105-79(3,4)5)67-45-90(88-86-67)47-77(101)104-55-31-35-81(7)53(43-55)15-19-59-63-23-21-61(83(63,9)37-33-65(59)81)49(2)11-29-75(99)107-93-72(96)26-27-73(93)97/h12-13,16-17,40-41,44-45,48-49,52-55,58-65H,10-11,14-15,18-39,42-43,46-47H2,1-9H3,(H,84,102)/t48-,49-,52-,53-,54-,55-,58+,59+,60?,61?,62+,63+,64?,65?,80?,81?,82?,83?/m1/s1. The number of amides is 5. The molecule has 2 saturated heterocycles. The van der Waals surface area contributed by atoms with Gasteiger partial charge < -0.3 is 33.8 Å². The van der Waals surface area contributed by atoms with Crippen molar-refractivity contribution in [2.45, 2.75) is 267 Å². The molecule has 10 fully saturated rings. The highest BCUT2D eigenvalue weighted by molar-refractivity contribution is 6.10. The highest BCUT2D eigenvalue weighted by Crippen LogP contribution is 2.71. The largest absolute Gasteiger partial charge is 0.461 e. The number of nitrogens with zero attached hydrogens (tertiary/aromatic N) is 9. The first-order valence-electron chi connectivity index (χ1n) is 40.4. The van der Waals surface area contributed by atoms with Crippen molar-refractivity contribution >= 4 is 75.4 Å². The first-order valence-corrected chi connectivity index (χ1v) is 40.4. The van der Waals surface area contributed by atoms with Gasteiger partial charge in [-0.1, -0.05) is 76.2 Å². The van der Waals surface area contributed by atoms with Crippen molar-refractivity contribution in [2.75, 3.05) is 6.54 Å². The molecule has 24 heteroatoms. The summed E-state index contributed by atoms with van der Waals surface area (Å²) in [6.45, 7) is 20.6. The van der Waals surface area contributed by atoms with Crippen molar-refractivity contribution in [3.05, 3.63) is 48.8 Å². The molecule has 8 saturated carbocycles. The summed E-state index contributed by atoms with van der Waals surface area (Å²) in [6.07, 6.45) is 24.2. The molecule has 2 aliphatic heterocycles. The topological polar surface area (TPSA) is 285 Å². The second-order valence-corrected chi connectivity index (χ2v) is 36.3. The van der Waals surface area contributed by atoms with Crippen LogP contribution in [0.25, 0.3) is 44.3 Å². The molecule has 3 aromatic heterocycles. The molecule has 107 heavy (non-hydrogen) atoms. The molecule has 8 aliphatic carbocycles. The summed E-state index contributed by atoms with van der Waals surface area (Å²) in [5.74, 6) is 2.87. The lowest BCUT2D eigenvalue weighted by molar-refractivity contribution is -0.197. The third-order valence-electron chi connectivity index (χ3n) is 29.5. The quantitative estimate of drug-likeness (QED) is 0.0406. The highest BCUT2D eigenvalue weighted by atomic mass is 16.7. The number of nitrogens with one attached hydrogen (secondary N) is 1. The van der Waals surface area contributed by atoms with E-state index in [0.717, 1.165) is 97.1 Å². The lowest BCUT2D eigenvalue weighted by Crippen LogP contribution is -2.54. The number of imide groups is 2. The summed E-state index contributed by atoms with van der Waals surface area (Å²) in [5, 5.41) is 24.2. The van der Waals surface area contributed by atoms with Gasteiger partial charge in [-0.15, -0.1) is 20.3 Å². The zero-order valence-electron chi connectivity index (χ0n) is 64.2. The van der Waals surface area contributed by atoms with Crippen LogP contribution in [0.3, 0.4) is 0 Å². The molecule has 0 spiro atoms. The molecule has 0 bridgehead atoms. The average molecular weight is 1470 g/mol. The van der Waals surface area contributed by atoms with Gasteiger partial charge in [0.1, 0.15) is 42.3 Å². The van der Waals surface area contributed by atoms with E-state index in [9.17, 15) is 43.2 Å². The third-order valence-corrected chi connectivity index (χ3v) is 29.5. The van der Waals surface area contributed by atoms with Gasteiger partial charge in [0.25, 0.3) is 23.6 Å². The predicted octanol–water partition coefficient (Wildman–Crippen LogP) is 14.0. The molecule has 5 amide bonds. The van der Waals surface area contributed by atoms with E-state index in [1.165, 1.54) is 51.4 Å². The van der Waals surface area contributed by atoms with E-state index >= 15 is 0 Å². The molecule has 5 heterocycles. The number of carbonyl (C=O) groups excluding carboxylic acids is 9. The second-order valence-electron chi connectivity index (χ2n) is 36.3. The van der Waals surface area contributed by atoms with Crippen LogP contribution in [0, 0.1) is 92.7 Å². The first-order chi connectivity index (χ1) is 51.0. The SMILES string of the molecule is C[C@H](CCC(=O)ON1C(=O)CCC1=O)C1CC[C@H]2[C@@H]3CC[C@@H]4C[C@H](OC(=O)Cn5cc(-c6ccc7c8ccc(-c9cn(CC(=O)O[C@@H]%10CCC%11(C)C%12CCC%13(C)C([C@H](C)CCC(=O)ON%14C(=O)CCC%14=O)CC[C@H]%13[C@@H]%12CC[C@@H]%11C%10)nn9)cc8n(CCNC(=O)OC(C)(C)C)c7c6)nn5)CCC4(C)C3CCC12C. The van der Waals surface area contributed by atoms with Gasteiger partial charge in [-0.3, -0.25) is 28.8 Å². The van der Waals surface area contributed by atoms with Gasteiger partial charge in [-0.2, -0.15) is 0 Å². The molecule has 576 valence electrons. The van der Waals surface area contributed by atoms with E-state index in [1.54, 1.807) is 21.8 Å². The Kier molecular flexibility index (Phi) is 20.2. The Bertz CT molecular complexity index is 4020. The average Bonchev–Trinajstić information content (AvgIpc) is 1.72. The maximum Gasteiger partial charge on any atom is 0.407 e. The smallest absolute Gasteiger partial charge is 0.407 e. The number of hydrogen-bond acceptors (Lipinski definition) is 18. The lowest BCUT2D eigenvalue weighted by atomic mass is 9.44. The number of benzene rings is 2. The Balaban J connectivity index is 0.550. The molecule has 10 aliphatic rings. The van der Waals surface area contributed by atoms with Gasteiger partial charge in [-0.05, 0) is 254 Å². The van der Waals surface area contributed by atoms with Crippen LogP contribution in [0.4, 0.5) is 4.79 Å². The number of hydroxylamine groups is 4. The zero-order valence-corrected chi connectivity index (χ0v) is 64.2. The number of hydrogen-bond donors (Lipinski definition) is 1. The minimum absolute atomic E-state index is 0.0706. The predicted molar refractivity (Wildman–Crippen MR) is 393 cm³/mol. The van der Waals surface area contributed by atoms with Crippen molar-refractivity contribution in [2.24, 2.45) is 92.7 Å². The maximum atomic E-state index is 13.8. The Labute approximate surface area is 626 Å². The van der Waals surface area contributed by atoms with Gasteiger partial charge in [0, 0.05) is 84.5 Å². The number of carbonyl (C=O) groups is 9. The summed E-state index contributed by atoms with van der Waals surface area (Å²) >= 11 is 0. The summed E-state index contributed by atoms with van der Waals surface area (Å²) in [5.41, 5.74) is 4.65. The fraction of sp³-hybridized carbons (Fsp3) is 0.699. The van der Waals surface area contributed by atoms with E-state index in [-0.39, 0.29) is 104 Å². The van der Waals surface area contributed by atoms with Gasteiger partial charge in [0.2, 0.25) is 0 Å². The fourth-order valence-corrected chi connectivity index (χ4v) is 24.3. The van der Waals surface area contributed by atoms with Crippen LogP contribution in [-0.2, 0) is 81.9 Å². The molecule has 24 nitrogen and oxygen atoms in total. The fourth-order valence-electron chi connectivity index (χ4n) is 24.3. The number of esters is 2. The normalized spacial score (nSPS) is 33.1. The minimum atomic E-state index is -0.675. The molecule has 1 N–H and O–H groups in total. The van der Waals surface area contributed by atoms with Crippen LogP contribution in [0.15, 0.2) is 48.8 Å². The molecule has 15 rings (SSSR count). The molecular weight excluding hydrogens is 1360 g/mol. The Morgan fingerprint density at radius 1 is 0.523 bits per heavy atom. The van der Waals surface area contributed by atoms with Crippen molar-refractivity contribution in [3.63, 3.8) is 0 Å². The van der Waals surface area contributed by atoms with Crippen LogP contribution in [0.1, 0.15) is 229 Å². The van der Waals surface area contributed by atoms with E-state index in [0.29, 0.717) is 112 Å². The van der Waals surface area contributed by atoms with Crippen LogP contribution >= 0.6 is 0 Å². The maximum absolute atomic E-state index is 13.8. The molecule has 18 atom stereocenters. The molecule has 0 radical (unpaired) electrons. The third kappa shape index (κ3) is 14.3. The van der Waals surface area contributed by atoms with Crippen LogP contribution in [0.2, 0.25) is 0 Å². The first kappa shape index (κ1) is 74.4. The number of aromatic nitrogens is 7. The van der Waals surface area contributed by atoms with E-state index in [4.69, 9.17) is 23.9 Å². The minimum Gasteiger partial charge on any atom is -0.461 e. The monoisotopic (exact) mass is 1470 g/mol. The van der Waals surface area contributed by atoms with Gasteiger partial charge in [-0.25, -0.2) is 23.7 Å². The molecule has 5 aromatic rings. The van der Waals surface area contributed by atoms with Gasteiger partial charge in [0.15, 0.2) is 0 Å². The van der Waals surface area contributed by atoms with E-state index < -0.39 is 47.3 Å². The van der Waals surface area contributed by atoms with E-state index in [1.807, 2.05) is 32.9 Å². The summed E-state index contributed by atoms with van der Waals surface area (Å²) in [7, 11) is 0. The molecule has 2 aromatic carbocycles. The van der Waals surface area contributed by atoms with Crippen LogP contribution < -0.4 is 5.32 Å². The Morgan fingerprint density at radius 3 is 1.36 bits per heavy atom. The van der Waals surface area contributed by atoms with Gasteiger partial charge in [0.05, 0.1) is 12.4 Å². The van der Waals surface area contributed by atoms with Crippen molar-refractivity contribution in [1.82, 2.24) is 50.0 Å². The zero-order chi connectivity index (χ0) is 75.2. The summed E-state index contributed by atoms with van der Waals surface area (Å²) in [4.78, 5) is 125. The summed E-state index contributed by atoms with van der Waals surface area (Å²) < 4.78 is 23.5. The van der Waals surface area contributed by atoms with Crippen molar-refractivity contribution < 1.29 is 67.0 Å². The number of alkyl carbamates (subject to hydrolysis) is 1. The lowest BCUT2D eigenvalue weighted by Gasteiger charge is -2.61. The van der Waals surface area contributed by atoms with Crippen LogP contribution in [-0.4, -0.2) is 123 Å². The Morgan fingerprint density at radius 2 is 0.935 bits per heavy atom. The molecule has 8 unspecified atom stereocenters. The van der Waals surface area contributed by atoms with Crippen molar-refractivity contribution in [1.29, 1.82) is 0 Å². The summed E-state index contributed by atoms with van der Waals surface area (Å²) in [6, 6.07) is 12.3. The van der Waals surface area contributed by atoms with Gasteiger partial charge >= 0.3 is 30.0 Å². The number of fused-ring (bicyclic) bond motifs is 13. The number of ether oxygens (including phenoxy) is 3. The highest BCUT2D eigenvalue weighted by Gasteiger charge is 2.63. The van der Waals surface area contributed by atoms with Crippen molar-refractivity contribution in [3.8, 4) is 22.5 Å². The van der Waals surface area contributed by atoms with Crippen LogP contribution in [0.5, 0.6) is 0 Å². The second kappa shape index (κ2) is 29.1. The van der Waals surface area contributed by atoms with E-state index in [2.05, 4.69) is 96.3 Å². The molecular formula is C83H110N10O14. The Hall–Kier alpha value is -8.05.